The minimum atomic E-state index is 0. The van der Waals surface area contributed by atoms with Gasteiger partial charge in [-0.05, 0) is 6.07 Å². The summed E-state index contributed by atoms with van der Waals surface area (Å²) < 4.78 is 1.65. The molecule has 4 nitrogen and oxygen atoms in total. The number of nitrogens with zero attached hydrogens (tertiary/aromatic N) is 2. The molecule has 1 heterocycles. The molecule has 2 N–H and O–H groups in total. The number of aromatic nitrogens is 1. The number of rotatable bonds is 1. The molecule has 0 aliphatic heterocycles. The molecular weight excluding hydrogens is 271 g/mol. The maximum Gasteiger partial charge on any atom is 0.268 e. The van der Waals surface area contributed by atoms with Gasteiger partial charge in [0.05, 0.1) is 0 Å². The zero-order valence-electron chi connectivity index (χ0n) is 6.48. The van der Waals surface area contributed by atoms with Crippen molar-refractivity contribution in [1.82, 2.24) is 0 Å². The van der Waals surface area contributed by atoms with E-state index in [1.54, 1.807) is 23.9 Å². The highest BCUT2D eigenvalue weighted by atomic mass is 127. The lowest BCUT2D eigenvalue weighted by atomic mass is 10.3. The van der Waals surface area contributed by atoms with Crippen LogP contribution in [0, 0.1) is 0 Å². The molecule has 1 aromatic rings. The van der Waals surface area contributed by atoms with Gasteiger partial charge in [-0.1, -0.05) is 5.16 Å². The lowest BCUT2D eigenvalue weighted by Crippen LogP contribution is -3.00. The second-order valence-electron chi connectivity index (χ2n) is 2.13. The minimum absolute atomic E-state index is 0. The highest BCUT2D eigenvalue weighted by molar-refractivity contribution is 5.77. The Morgan fingerprint density at radius 1 is 1.58 bits per heavy atom. The summed E-state index contributed by atoms with van der Waals surface area (Å²) in [5.41, 5.74) is 0.468. The maximum atomic E-state index is 9.20. The third-order valence-corrected chi connectivity index (χ3v) is 1.39. The quantitative estimate of drug-likeness (QED) is 0.190. The van der Waals surface area contributed by atoms with Crippen molar-refractivity contribution in [2.75, 3.05) is 0 Å². The normalized spacial score (nSPS) is 9.75. The number of halogens is 1. The van der Waals surface area contributed by atoms with Crippen LogP contribution >= 0.6 is 0 Å². The molecular formula is C7H9IN2O2. The molecule has 1 aromatic heterocycles. The van der Waals surface area contributed by atoms with Crippen LogP contribution < -0.4 is 28.5 Å². The molecule has 0 fully saturated rings. The Morgan fingerprint density at radius 3 is 2.75 bits per heavy atom. The van der Waals surface area contributed by atoms with Gasteiger partial charge in [0.2, 0.25) is 0 Å². The van der Waals surface area contributed by atoms with E-state index in [0.29, 0.717) is 5.69 Å². The van der Waals surface area contributed by atoms with Crippen LogP contribution in [0.2, 0.25) is 0 Å². The number of hydrogen-bond acceptors (Lipinski definition) is 3. The highest BCUT2D eigenvalue weighted by Crippen LogP contribution is 2.07. The molecule has 0 spiro atoms. The monoisotopic (exact) mass is 280 g/mol. The lowest BCUT2D eigenvalue weighted by molar-refractivity contribution is -0.672. The first-order chi connectivity index (χ1) is 5.25. The van der Waals surface area contributed by atoms with E-state index in [1.165, 1.54) is 12.3 Å². The third kappa shape index (κ3) is 2.33. The van der Waals surface area contributed by atoms with E-state index >= 15 is 0 Å². The number of oxime groups is 1. The molecule has 0 saturated carbocycles. The van der Waals surface area contributed by atoms with Crippen LogP contribution in [0.15, 0.2) is 23.5 Å². The maximum absolute atomic E-state index is 9.20. The van der Waals surface area contributed by atoms with Gasteiger partial charge in [-0.15, -0.1) is 0 Å². The molecule has 0 saturated heterocycles. The molecule has 0 aromatic carbocycles. The molecule has 66 valence electrons. The van der Waals surface area contributed by atoms with Gasteiger partial charge in [0.15, 0.2) is 11.9 Å². The fourth-order valence-corrected chi connectivity index (χ4v) is 0.822. The van der Waals surface area contributed by atoms with Crippen molar-refractivity contribution in [3.63, 3.8) is 0 Å². The van der Waals surface area contributed by atoms with Crippen molar-refractivity contribution in [3.05, 3.63) is 24.0 Å². The van der Waals surface area contributed by atoms with Gasteiger partial charge >= 0.3 is 0 Å². The Hall–Kier alpha value is -0.850. The Balaban J connectivity index is 0.00000121. The third-order valence-electron chi connectivity index (χ3n) is 1.39. The summed E-state index contributed by atoms with van der Waals surface area (Å²) in [5, 5.41) is 20.2. The molecule has 0 aliphatic rings. The van der Waals surface area contributed by atoms with Crippen LogP contribution in [0.4, 0.5) is 0 Å². The SMILES string of the molecule is C[n+]1cccc(O)c1C=NO.[I-]. The van der Waals surface area contributed by atoms with Crippen LogP contribution in [-0.2, 0) is 7.05 Å². The predicted molar refractivity (Wildman–Crippen MR) is 38.7 cm³/mol. The fraction of sp³-hybridized carbons (Fsp3) is 0.143. The van der Waals surface area contributed by atoms with Gasteiger partial charge in [0, 0.05) is 6.07 Å². The Kier molecular flexibility index (Phi) is 4.57. The second kappa shape index (κ2) is 4.91. The van der Waals surface area contributed by atoms with Crippen LogP contribution in [0.25, 0.3) is 0 Å². The second-order valence-corrected chi connectivity index (χ2v) is 2.13. The fourth-order valence-electron chi connectivity index (χ4n) is 0.822. The Bertz CT molecular complexity index is 268. The average Bonchev–Trinajstić information content (AvgIpc) is 1.97. The smallest absolute Gasteiger partial charge is 0.268 e. The minimum Gasteiger partial charge on any atom is -1.00 e. The molecule has 0 bridgehead atoms. The first kappa shape index (κ1) is 11.2. The number of pyridine rings is 1. The van der Waals surface area contributed by atoms with E-state index in [9.17, 15) is 5.11 Å². The number of hydrogen-bond donors (Lipinski definition) is 2. The molecule has 0 atom stereocenters. The van der Waals surface area contributed by atoms with Crippen molar-refractivity contribution in [2.45, 2.75) is 0 Å². The molecule has 1 rings (SSSR count). The average molecular weight is 280 g/mol. The van der Waals surface area contributed by atoms with E-state index in [-0.39, 0.29) is 29.7 Å². The molecule has 0 aliphatic carbocycles. The standard InChI is InChI=1S/C7H8N2O2.HI/c1-9-4-2-3-7(10)6(9)5-8-11;/h2-5,10H,1H3;1H. The van der Waals surface area contributed by atoms with Crippen molar-refractivity contribution >= 4 is 6.21 Å². The number of aryl methyl sites for hydroxylation is 1. The van der Waals surface area contributed by atoms with Crippen molar-refractivity contribution < 1.29 is 38.9 Å². The zero-order chi connectivity index (χ0) is 8.27. The van der Waals surface area contributed by atoms with Gasteiger partial charge < -0.3 is 34.3 Å². The molecule has 5 heteroatoms. The lowest BCUT2D eigenvalue weighted by Gasteiger charge is -1.93. The Labute approximate surface area is 87.2 Å². The van der Waals surface area contributed by atoms with Crippen LogP contribution in [0.1, 0.15) is 5.69 Å². The van der Waals surface area contributed by atoms with E-state index in [4.69, 9.17) is 5.21 Å². The molecule has 0 radical (unpaired) electrons. The van der Waals surface area contributed by atoms with Crippen molar-refractivity contribution in [1.29, 1.82) is 0 Å². The predicted octanol–water partition coefficient (Wildman–Crippen LogP) is -2.97. The summed E-state index contributed by atoms with van der Waals surface area (Å²) >= 11 is 0. The van der Waals surface area contributed by atoms with Gasteiger partial charge in [-0.2, -0.15) is 4.57 Å². The highest BCUT2D eigenvalue weighted by Gasteiger charge is 2.08. The van der Waals surface area contributed by atoms with Crippen LogP contribution in [-0.4, -0.2) is 16.5 Å². The van der Waals surface area contributed by atoms with Crippen LogP contribution in [0.3, 0.4) is 0 Å². The Morgan fingerprint density at radius 2 is 2.25 bits per heavy atom. The van der Waals surface area contributed by atoms with Crippen molar-refractivity contribution in [2.24, 2.45) is 12.2 Å². The first-order valence-electron chi connectivity index (χ1n) is 3.10. The van der Waals surface area contributed by atoms with Crippen molar-refractivity contribution in [3.8, 4) is 5.75 Å². The van der Waals surface area contributed by atoms with Gasteiger partial charge in [-0.25, -0.2) is 0 Å². The zero-order valence-corrected chi connectivity index (χ0v) is 8.63. The summed E-state index contributed by atoms with van der Waals surface area (Å²) in [7, 11) is 1.75. The molecule has 12 heavy (non-hydrogen) atoms. The van der Waals surface area contributed by atoms with Gasteiger partial charge in [-0.3, -0.25) is 0 Å². The van der Waals surface area contributed by atoms with E-state index in [0.717, 1.165) is 0 Å². The van der Waals surface area contributed by atoms with Gasteiger partial charge in [0.1, 0.15) is 13.3 Å². The largest absolute Gasteiger partial charge is 1.00 e. The van der Waals surface area contributed by atoms with E-state index in [1.807, 2.05) is 0 Å². The van der Waals surface area contributed by atoms with E-state index < -0.39 is 0 Å². The number of aromatic hydroxyl groups is 1. The van der Waals surface area contributed by atoms with E-state index in [2.05, 4.69) is 5.16 Å². The summed E-state index contributed by atoms with van der Waals surface area (Å²) in [6, 6.07) is 3.22. The summed E-state index contributed by atoms with van der Waals surface area (Å²) in [6.07, 6.45) is 2.92. The molecule has 0 amide bonds. The topological polar surface area (TPSA) is 56.7 Å². The summed E-state index contributed by atoms with van der Waals surface area (Å²) in [5.74, 6) is 0.0906. The summed E-state index contributed by atoms with van der Waals surface area (Å²) in [4.78, 5) is 0. The summed E-state index contributed by atoms with van der Waals surface area (Å²) in [6.45, 7) is 0. The molecule has 0 unspecified atom stereocenters. The van der Waals surface area contributed by atoms with Gasteiger partial charge in [0.25, 0.3) is 5.69 Å². The van der Waals surface area contributed by atoms with Crippen LogP contribution in [0.5, 0.6) is 5.75 Å². The first-order valence-corrected chi connectivity index (χ1v) is 3.10.